The average molecular weight is 165 g/mol. The van der Waals surface area contributed by atoms with Crippen molar-refractivity contribution >= 4 is 0 Å². The molecule has 1 atom stereocenters. The zero-order valence-corrected chi connectivity index (χ0v) is 7.79. The van der Waals surface area contributed by atoms with Gasteiger partial charge in [-0.3, -0.25) is 0 Å². The predicted octanol–water partition coefficient (Wildman–Crippen LogP) is 1.62. The SMILES string of the molecule is CNC1=CC(C)(OC)C=CC=C1. The Labute approximate surface area is 73.6 Å². The summed E-state index contributed by atoms with van der Waals surface area (Å²) in [7, 11) is 3.61. The molecule has 0 aromatic carbocycles. The molecule has 1 aliphatic rings. The number of hydrogen-bond acceptors (Lipinski definition) is 2. The molecule has 1 N–H and O–H groups in total. The van der Waals surface area contributed by atoms with Crippen molar-refractivity contribution in [3.63, 3.8) is 0 Å². The number of ether oxygens (including phenoxy) is 1. The van der Waals surface area contributed by atoms with Gasteiger partial charge in [-0.15, -0.1) is 0 Å². The minimum absolute atomic E-state index is 0.290. The molecule has 0 saturated carbocycles. The fraction of sp³-hybridized carbons (Fsp3) is 0.400. The molecule has 0 aromatic heterocycles. The summed E-state index contributed by atoms with van der Waals surface area (Å²) in [6, 6.07) is 0. The average Bonchev–Trinajstić information content (AvgIpc) is 2.28. The highest BCUT2D eigenvalue weighted by Crippen LogP contribution is 2.17. The van der Waals surface area contributed by atoms with Gasteiger partial charge in [-0.25, -0.2) is 0 Å². The van der Waals surface area contributed by atoms with Crippen molar-refractivity contribution in [2.24, 2.45) is 0 Å². The van der Waals surface area contributed by atoms with E-state index in [1.165, 1.54) is 0 Å². The number of methoxy groups -OCH3 is 1. The molecular weight excluding hydrogens is 150 g/mol. The lowest BCUT2D eigenvalue weighted by molar-refractivity contribution is 0.0901. The van der Waals surface area contributed by atoms with Crippen molar-refractivity contribution in [1.29, 1.82) is 0 Å². The lowest BCUT2D eigenvalue weighted by Crippen LogP contribution is -2.22. The van der Waals surface area contributed by atoms with E-state index in [2.05, 4.69) is 5.32 Å². The Morgan fingerprint density at radius 1 is 1.42 bits per heavy atom. The third kappa shape index (κ3) is 1.98. The Morgan fingerprint density at radius 2 is 2.17 bits per heavy atom. The molecule has 0 saturated heterocycles. The van der Waals surface area contributed by atoms with Crippen LogP contribution in [0.1, 0.15) is 6.92 Å². The van der Waals surface area contributed by atoms with Crippen LogP contribution in [0.2, 0.25) is 0 Å². The van der Waals surface area contributed by atoms with Gasteiger partial charge < -0.3 is 10.1 Å². The molecule has 1 aliphatic carbocycles. The molecule has 0 aliphatic heterocycles. The van der Waals surface area contributed by atoms with Crippen molar-refractivity contribution in [2.45, 2.75) is 12.5 Å². The minimum atomic E-state index is -0.290. The Balaban J connectivity index is 2.92. The molecule has 2 heteroatoms. The molecule has 0 aromatic rings. The maximum Gasteiger partial charge on any atom is 0.104 e. The molecule has 0 heterocycles. The molecule has 0 radical (unpaired) electrons. The first-order chi connectivity index (χ1) is 5.70. The van der Waals surface area contributed by atoms with Gasteiger partial charge in [0.05, 0.1) is 0 Å². The topological polar surface area (TPSA) is 21.3 Å². The molecule has 12 heavy (non-hydrogen) atoms. The van der Waals surface area contributed by atoms with Crippen molar-refractivity contribution < 1.29 is 4.74 Å². The minimum Gasteiger partial charge on any atom is -0.388 e. The monoisotopic (exact) mass is 165 g/mol. The van der Waals surface area contributed by atoms with Crippen LogP contribution in [0.4, 0.5) is 0 Å². The quantitative estimate of drug-likeness (QED) is 0.671. The summed E-state index contributed by atoms with van der Waals surface area (Å²) in [5.41, 5.74) is 0.784. The van der Waals surface area contributed by atoms with Crippen LogP contribution in [0.3, 0.4) is 0 Å². The van der Waals surface area contributed by atoms with Crippen molar-refractivity contribution in [3.8, 4) is 0 Å². The summed E-state index contributed by atoms with van der Waals surface area (Å²) < 4.78 is 5.35. The maximum atomic E-state index is 5.35. The number of likely N-dealkylation sites (N-methyl/N-ethyl adjacent to an activating group) is 1. The molecule has 2 nitrogen and oxygen atoms in total. The second-order valence-electron chi connectivity index (χ2n) is 2.96. The van der Waals surface area contributed by atoms with Gasteiger partial charge >= 0.3 is 0 Å². The van der Waals surface area contributed by atoms with Gasteiger partial charge in [0.1, 0.15) is 5.60 Å². The second kappa shape index (κ2) is 3.59. The van der Waals surface area contributed by atoms with Gasteiger partial charge in [0.15, 0.2) is 0 Å². The van der Waals surface area contributed by atoms with Gasteiger partial charge in [-0.05, 0) is 25.2 Å². The van der Waals surface area contributed by atoms with Gasteiger partial charge in [-0.2, -0.15) is 0 Å². The first-order valence-electron chi connectivity index (χ1n) is 4.02. The van der Waals surface area contributed by atoms with E-state index >= 15 is 0 Å². The fourth-order valence-corrected chi connectivity index (χ4v) is 1.09. The third-order valence-corrected chi connectivity index (χ3v) is 1.98. The van der Waals surface area contributed by atoms with Gasteiger partial charge in [0, 0.05) is 19.9 Å². The van der Waals surface area contributed by atoms with Crippen LogP contribution in [-0.2, 0) is 4.74 Å². The summed E-state index contributed by atoms with van der Waals surface area (Å²) >= 11 is 0. The number of hydrogen-bond donors (Lipinski definition) is 1. The Kier molecular flexibility index (Phi) is 2.71. The summed E-state index contributed by atoms with van der Waals surface area (Å²) in [5, 5.41) is 3.09. The molecule has 1 rings (SSSR count). The molecule has 0 spiro atoms. The largest absolute Gasteiger partial charge is 0.388 e. The third-order valence-electron chi connectivity index (χ3n) is 1.98. The lowest BCUT2D eigenvalue weighted by atomic mass is 10.1. The van der Waals surface area contributed by atoms with Gasteiger partial charge in [0.2, 0.25) is 0 Å². The smallest absolute Gasteiger partial charge is 0.104 e. The van der Waals surface area contributed by atoms with Crippen molar-refractivity contribution in [1.82, 2.24) is 5.32 Å². The summed E-state index contributed by atoms with van der Waals surface area (Å²) in [5.74, 6) is 0. The van der Waals surface area contributed by atoms with E-state index in [0.29, 0.717) is 0 Å². The van der Waals surface area contributed by atoms with Gasteiger partial charge in [0.25, 0.3) is 0 Å². The number of nitrogens with one attached hydrogen (secondary N) is 1. The van der Waals surface area contributed by atoms with Crippen LogP contribution in [0.15, 0.2) is 36.1 Å². The molecule has 0 bridgehead atoms. The Morgan fingerprint density at radius 3 is 2.75 bits per heavy atom. The highest BCUT2D eigenvalue weighted by molar-refractivity contribution is 5.31. The van der Waals surface area contributed by atoms with Crippen LogP contribution in [-0.4, -0.2) is 19.8 Å². The molecule has 0 amide bonds. The molecule has 0 fully saturated rings. The van der Waals surface area contributed by atoms with Crippen LogP contribution in [0.25, 0.3) is 0 Å². The van der Waals surface area contributed by atoms with Crippen LogP contribution in [0.5, 0.6) is 0 Å². The Hall–Kier alpha value is -1.02. The van der Waals surface area contributed by atoms with Crippen LogP contribution < -0.4 is 5.32 Å². The zero-order valence-electron chi connectivity index (χ0n) is 7.79. The number of rotatable bonds is 2. The van der Waals surface area contributed by atoms with E-state index in [0.717, 1.165) is 5.70 Å². The number of allylic oxidation sites excluding steroid dienone is 3. The van der Waals surface area contributed by atoms with Gasteiger partial charge in [-0.1, -0.05) is 12.2 Å². The Bertz CT molecular complexity index is 240. The van der Waals surface area contributed by atoms with E-state index in [1.807, 2.05) is 44.4 Å². The first-order valence-corrected chi connectivity index (χ1v) is 4.02. The maximum absolute atomic E-state index is 5.35. The van der Waals surface area contributed by atoms with E-state index in [1.54, 1.807) is 7.11 Å². The fourth-order valence-electron chi connectivity index (χ4n) is 1.09. The summed E-state index contributed by atoms with van der Waals surface area (Å²) in [6.07, 6.45) is 10.1. The zero-order chi connectivity index (χ0) is 9.03. The standard InChI is InChI=1S/C10H15NO/c1-10(12-3)7-5-4-6-9(8-10)11-2/h4-8,11H,1-3H3. The highest BCUT2D eigenvalue weighted by atomic mass is 16.5. The lowest BCUT2D eigenvalue weighted by Gasteiger charge is -2.20. The first kappa shape index (κ1) is 9.07. The summed E-state index contributed by atoms with van der Waals surface area (Å²) in [6.45, 7) is 2.02. The van der Waals surface area contributed by atoms with E-state index in [-0.39, 0.29) is 5.60 Å². The van der Waals surface area contributed by atoms with Crippen molar-refractivity contribution in [3.05, 3.63) is 36.1 Å². The van der Waals surface area contributed by atoms with E-state index in [9.17, 15) is 0 Å². The molecular formula is C10H15NO. The molecule has 66 valence electrons. The predicted molar refractivity (Wildman–Crippen MR) is 50.8 cm³/mol. The summed E-state index contributed by atoms with van der Waals surface area (Å²) in [4.78, 5) is 0. The van der Waals surface area contributed by atoms with Crippen LogP contribution in [0, 0.1) is 0 Å². The highest BCUT2D eigenvalue weighted by Gasteiger charge is 2.17. The van der Waals surface area contributed by atoms with Crippen molar-refractivity contribution in [2.75, 3.05) is 14.2 Å². The van der Waals surface area contributed by atoms with Crippen LogP contribution >= 0.6 is 0 Å². The molecule has 1 unspecified atom stereocenters. The van der Waals surface area contributed by atoms with E-state index in [4.69, 9.17) is 4.74 Å². The second-order valence-corrected chi connectivity index (χ2v) is 2.96. The van der Waals surface area contributed by atoms with E-state index < -0.39 is 0 Å². The normalized spacial score (nSPS) is 28.1.